The van der Waals surface area contributed by atoms with E-state index in [0.29, 0.717) is 12.2 Å². The molecule has 0 aromatic carbocycles. The summed E-state index contributed by atoms with van der Waals surface area (Å²) in [5, 5.41) is 3.10. The molecule has 0 unspecified atom stereocenters. The molecule has 0 spiro atoms. The van der Waals surface area contributed by atoms with Crippen LogP contribution in [-0.4, -0.2) is 18.2 Å². The highest BCUT2D eigenvalue weighted by Gasteiger charge is 2.25. The molecule has 1 aliphatic carbocycles. The highest BCUT2D eigenvalue weighted by atomic mass is 16.1. The van der Waals surface area contributed by atoms with Crippen molar-refractivity contribution in [2.45, 2.75) is 91.9 Å². The molecule has 0 aliphatic heterocycles. The molecule has 0 aromatic heterocycles. The number of amides is 1. The van der Waals surface area contributed by atoms with Crippen LogP contribution in [0, 0.1) is 23.7 Å². The fraction of sp³-hybridized carbons (Fsp3) is 0.905. The van der Waals surface area contributed by atoms with Crippen LogP contribution in [0.3, 0.4) is 0 Å². The van der Waals surface area contributed by atoms with Crippen molar-refractivity contribution in [3.63, 3.8) is 0 Å². The van der Waals surface area contributed by atoms with E-state index < -0.39 is 0 Å². The van der Waals surface area contributed by atoms with Crippen molar-refractivity contribution < 1.29 is 9.59 Å². The van der Waals surface area contributed by atoms with Crippen molar-refractivity contribution >= 4 is 11.7 Å². The third-order valence-corrected chi connectivity index (χ3v) is 5.41. The number of Topliss-reactive ketones (excluding diaryl/α,β-unsaturated/α-hetero) is 1. The van der Waals surface area contributed by atoms with E-state index in [2.05, 4.69) is 19.2 Å². The number of hydrogen-bond acceptors (Lipinski definition) is 2. The third kappa shape index (κ3) is 8.84. The molecule has 3 nitrogen and oxygen atoms in total. The Bertz CT molecular complexity index is 368. The summed E-state index contributed by atoms with van der Waals surface area (Å²) in [4.78, 5) is 23.8. The third-order valence-electron chi connectivity index (χ3n) is 5.41. The second-order valence-corrected chi connectivity index (χ2v) is 8.41. The van der Waals surface area contributed by atoms with Crippen LogP contribution in [0.2, 0.25) is 0 Å². The molecule has 1 fully saturated rings. The molecule has 140 valence electrons. The van der Waals surface area contributed by atoms with Crippen LogP contribution in [0.1, 0.15) is 91.9 Å². The minimum atomic E-state index is 0.153. The quantitative estimate of drug-likeness (QED) is 0.531. The van der Waals surface area contributed by atoms with Crippen molar-refractivity contribution in [1.82, 2.24) is 5.32 Å². The Morgan fingerprint density at radius 3 is 2.21 bits per heavy atom. The monoisotopic (exact) mass is 337 g/mol. The van der Waals surface area contributed by atoms with Gasteiger partial charge in [-0.2, -0.15) is 0 Å². The van der Waals surface area contributed by atoms with E-state index in [-0.39, 0.29) is 17.7 Å². The van der Waals surface area contributed by atoms with Crippen LogP contribution in [0.25, 0.3) is 0 Å². The van der Waals surface area contributed by atoms with Crippen LogP contribution in [0.15, 0.2) is 0 Å². The van der Waals surface area contributed by atoms with Crippen molar-refractivity contribution in [3.05, 3.63) is 0 Å². The van der Waals surface area contributed by atoms with Gasteiger partial charge in [0.25, 0.3) is 0 Å². The zero-order valence-corrected chi connectivity index (χ0v) is 16.4. The molecular formula is C21H39NO2. The summed E-state index contributed by atoms with van der Waals surface area (Å²) in [6, 6.07) is 0. The molecule has 0 saturated heterocycles. The van der Waals surface area contributed by atoms with E-state index in [0.717, 1.165) is 50.5 Å². The first-order valence-corrected chi connectivity index (χ1v) is 10.2. The average Bonchev–Trinajstić information content (AvgIpc) is 2.55. The molecule has 1 aliphatic rings. The van der Waals surface area contributed by atoms with Gasteiger partial charge in [0.15, 0.2) is 0 Å². The first-order valence-electron chi connectivity index (χ1n) is 10.2. The number of carbonyl (C=O) groups is 2. The summed E-state index contributed by atoms with van der Waals surface area (Å²) in [6.07, 6.45) is 10.9. The lowest BCUT2D eigenvalue weighted by Gasteiger charge is -2.28. The topological polar surface area (TPSA) is 46.2 Å². The second kappa shape index (κ2) is 11.7. The van der Waals surface area contributed by atoms with Crippen LogP contribution < -0.4 is 5.32 Å². The number of hydrogen-bond donors (Lipinski definition) is 1. The van der Waals surface area contributed by atoms with Gasteiger partial charge in [0, 0.05) is 24.8 Å². The van der Waals surface area contributed by atoms with Gasteiger partial charge in [-0.25, -0.2) is 0 Å². The van der Waals surface area contributed by atoms with Gasteiger partial charge in [-0.3, -0.25) is 9.59 Å². The predicted molar refractivity (Wildman–Crippen MR) is 101 cm³/mol. The van der Waals surface area contributed by atoms with E-state index in [1.807, 2.05) is 13.8 Å². The van der Waals surface area contributed by atoms with E-state index in [9.17, 15) is 9.59 Å². The molecule has 0 radical (unpaired) electrons. The average molecular weight is 338 g/mol. The van der Waals surface area contributed by atoms with Gasteiger partial charge in [0.05, 0.1) is 0 Å². The Balaban J connectivity index is 2.05. The van der Waals surface area contributed by atoms with E-state index >= 15 is 0 Å². The lowest BCUT2D eigenvalue weighted by Crippen LogP contribution is -2.33. The fourth-order valence-corrected chi connectivity index (χ4v) is 3.53. The second-order valence-electron chi connectivity index (χ2n) is 8.41. The normalized spacial score (nSPS) is 21.2. The SMILES string of the molecule is CC(C)CCC1CCC(C(=O)NCCCCCC(=O)C(C)C)CC1. The largest absolute Gasteiger partial charge is 0.356 e. The van der Waals surface area contributed by atoms with Crippen LogP contribution >= 0.6 is 0 Å². The molecule has 1 N–H and O–H groups in total. The fourth-order valence-electron chi connectivity index (χ4n) is 3.53. The molecule has 1 rings (SSSR count). The lowest BCUT2D eigenvalue weighted by molar-refractivity contribution is -0.126. The summed E-state index contributed by atoms with van der Waals surface area (Å²) in [5.41, 5.74) is 0. The van der Waals surface area contributed by atoms with Crippen LogP contribution in [0.5, 0.6) is 0 Å². The number of nitrogens with one attached hydrogen (secondary N) is 1. The molecule has 24 heavy (non-hydrogen) atoms. The molecule has 0 bridgehead atoms. The molecule has 0 aromatic rings. The smallest absolute Gasteiger partial charge is 0.223 e. The van der Waals surface area contributed by atoms with Gasteiger partial charge in [-0.15, -0.1) is 0 Å². The molecule has 1 saturated carbocycles. The zero-order chi connectivity index (χ0) is 17.9. The molecule has 0 atom stereocenters. The van der Waals surface area contributed by atoms with Gasteiger partial charge in [0.1, 0.15) is 5.78 Å². The summed E-state index contributed by atoms with van der Waals surface area (Å²) in [6.45, 7) is 9.26. The first-order chi connectivity index (χ1) is 11.4. The standard InChI is InChI=1S/C21H39NO2/c1-16(2)9-10-18-11-13-19(14-12-18)21(24)22-15-7-5-6-8-20(23)17(3)4/h16-19H,5-15H2,1-4H3,(H,22,24). The zero-order valence-electron chi connectivity index (χ0n) is 16.4. The predicted octanol–water partition coefficient (Wildman–Crippen LogP) is 5.13. The number of ketones is 1. The minimum Gasteiger partial charge on any atom is -0.356 e. The highest BCUT2D eigenvalue weighted by Crippen LogP contribution is 2.32. The van der Waals surface area contributed by atoms with Crippen LogP contribution in [0.4, 0.5) is 0 Å². The van der Waals surface area contributed by atoms with Gasteiger partial charge >= 0.3 is 0 Å². The molecule has 3 heteroatoms. The van der Waals surface area contributed by atoms with Gasteiger partial charge in [-0.05, 0) is 50.4 Å². The summed E-state index contributed by atoms with van der Waals surface area (Å²) in [7, 11) is 0. The van der Waals surface area contributed by atoms with Gasteiger partial charge < -0.3 is 5.32 Å². The molecule has 1 amide bonds. The maximum absolute atomic E-state index is 12.2. The van der Waals surface area contributed by atoms with Gasteiger partial charge in [0.2, 0.25) is 5.91 Å². The maximum atomic E-state index is 12.2. The number of rotatable bonds is 11. The Morgan fingerprint density at radius 1 is 0.958 bits per heavy atom. The van der Waals surface area contributed by atoms with Crippen molar-refractivity contribution in [2.24, 2.45) is 23.7 Å². The summed E-state index contributed by atoms with van der Waals surface area (Å²) >= 11 is 0. The summed E-state index contributed by atoms with van der Waals surface area (Å²) in [5.74, 6) is 2.64. The van der Waals surface area contributed by atoms with Crippen LogP contribution in [-0.2, 0) is 9.59 Å². The van der Waals surface area contributed by atoms with Crippen molar-refractivity contribution in [2.75, 3.05) is 6.54 Å². The minimum absolute atomic E-state index is 0.153. The molecular weight excluding hydrogens is 298 g/mol. The van der Waals surface area contributed by atoms with E-state index in [1.54, 1.807) is 0 Å². The number of carbonyl (C=O) groups excluding carboxylic acids is 2. The highest BCUT2D eigenvalue weighted by molar-refractivity contribution is 5.80. The Morgan fingerprint density at radius 2 is 1.62 bits per heavy atom. The van der Waals surface area contributed by atoms with Gasteiger partial charge in [-0.1, -0.05) is 47.0 Å². The summed E-state index contributed by atoms with van der Waals surface area (Å²) < 4.78 is 0. The van der Waals surface area contributed by atoms with Crippen molar-refractivity contribution in [1.29, 1.82) is 0 Å². The lowest BCUT2D eigenvalue weighted by atomic mass is 9.79. The van der Waals surface area contributed by atoms with Crippen molar-refractivity contribution in [3.8, 4) is 0 Å². The maximum Gasteiger partial charge on any atom is 0.223 e. The Hall–Kier alpha value is -0.860. The van der Waals surface area contributed by atoms with E-state index in [4.69, 9.17) is 0 Å². The Kier molecular flexibility index (Phi) is 10.3. The molecule has 0 heterocycles. The van der Waals surface area contributed by atoms with E-state index in [1.165, 1.54) is 25.7 Å². The first kappa shape index (κ1) is 21.2. The Labute approximate surface area is 149 Å². The number of unbranched alkanes of at least 4 members (excludes halogenated alkanes) is 2.